The molecule has 10 heavy (non-hydrogen) atoms. The van der Waals surface area contributed by atoms with E-state index in [2.05, 4.69) is 10.0 Å². The molecule has 0 radical (unpaired) electrons. The number of azide groups is 1. The second-order valence-corrected chi connectivity index (χ2v) is 4.02. The van der Waals surface area contributed by atoms with Crippen LogP contribution in [0.15, 0.2) is 5.11 Å². The molecule has 0 aromatic carbocycles. The molecule has 58 valence electrons. The van der Waals surface area contributed by atoms with Gasteiger partial charge in [0.1, 0.15) is 0 Å². The average molecular weight is 179 g/mol. The third-order valence-electron chi connectivity index (χ3n) is 0.596. The van der Waals surface area contributed by atoms with E-state index in [1.54, 1.807) is 21.6 Å². The Balaban J connectivity index is 2.83. The molecule has 4 nitrogen and oxygen atoms in total. The Bertz CT molecular complexity index is 115. The van der Waals surface area contributed by atoms with Gasteiger partial charge in [0.15, 0.2) is 0 Å². The monoisotopic (exact) mass is 179 g/mol. The fourth-order valence-electron chi connectivity index (χ4n) is 0.278. The van der Waals surface area contributed by atoms with Gasteiger partial charge in [-0.3, -0.25) is 0 Å². The number of aliphatic hydroxyl groups excluding tert-OH is 1. The molecule has 0 rings (SSSR count). The highest BCUT2D eigenvalue weighted by molar-refractivity contribution is 8.76. The summed E-state index contributed by atoms with van der Waals surface area (Å²) >= 11 is 0. The Morgan fingerprint density at radius 3 is 2.70 bits per heavy atom. The molecule has 0 aliphatic heterocycles. The van der Waals surface area contributed by atoms with Crippen LogP contribution in [0.2, 0.25) is 0 Å². The molecule has 0 saturated carbocycles. The molecule has 0 aliphatic rings. The van der Waals surface area contributed by atoms with Crippen molar-refractivity contribution in [1.82, 2.24) is 0 Å². The Morgan fingerprint density at radius 1 is 1.40 bits per heavy atom. The lowest BCUT2D eigenvalue weighted by Gasteiger charge is -1.93. The maximum Gasteiger partial charge on any atom is 0.0530 e. The van der Waals surface area contributed by atoms with E-state index in [9.17, 15) is 0 Å². The summed E-state index contributed by atoms with van der Waals surface area (Å²) in [6, 6.07) is 0. The van der Waals surface area contributed by atoms with Crippen molar-refractivity contribution < 1.29 is 5.11 Å². The van der Waals surface area contributed by atoms with Crippen molar-refractivity contribution in [1.29, 1.82) is 0 Å². The number of hydrogen-bond acceptors (Lipinski definition) is 4. The molecular formula is C4H9N3OS2. The summed E-state index contributed by atoms with van der Waals surface area (Å²) < 4.78 is 0. The molecule has 0 amide bonds. The van der Waals surface area contributed by atoms with Gasteiger partial charge in [0, 0.05) is 23.0 Å². The van der Waals surface area contributed by atoms with Crippen molar-refractivity contribution in [3.8, 4) is 0 Å². The van der Waals surface area contributed by atoms with E-state index in [0.29, 0.717) is 6.54 Å². The van der Waals surface area contributed by atoms with Crippen LogP contribution in [0.4, 0.5) is 0 Å². The van der Waals surface area contributed by atoms with Gasteiger partial charge < -0.3 is 5.11 Å². The first-order valence-electron chi connectivity index (χ1n) is 2.78. The molecule has 6 heteroatoms. The van der Waals surface area contributed by atoms with Crippen molar-refractivity contribution in [2.24, 2.45) is 5.11 Å². The summed E-state index contributed by atoms with van der Waals surface area (Å²) in [5.41, 5.74) is 7.87. The van der Waals surface area contributed by atoms with Gasteiger partial charge >= 0.3 is 0 Å². The quantitative estimate of drug-likeness (QED) is 0.222. The first-order chi connectivity index (χ1) is 4.91. The first kappa shape index (κ1) is 9.97. The van der Waals surface area contributed by atoms with Gasteiger partial charge in [0.05, 0.1) is 6.61 Å². The zero-order chi connectivity index (χ0) is 7.66. The van der Waals surface area contributed by atoms with Crippen LogP contribution in [-0.2, 0) is 0 Å². The van der Waals surface area contributed by atoms with E-state index < -0.39 is 0 Å². The third kappa shape index (κ3) is 7.97. The normalized spacial score (nSPS) is 8.90. The highest BCUT2D eigenvalue weighted by Gasteiger charge is 1.86. The molecule has 0 spiro atoms. The van der Waals surface area contributed by atoms with Crippen molar-refractivity contribution in [2.45, 2.75) is 0 Å². The predicted molar refractivity (Wildman–Crippen MR) is 46.0 cm³/mol. The Labute approximate surface area is 67.4 Å². The number of aliphatic hydroxyl groups is 1. The maximum atomic E-state index is 8.35. The minimum Gasteiger partial charge on any atom is -0.395 e. The summed E-state index contributed by atoms with van der Waals surface area (Å²) in [5.74, 6) is 1.55. The maximum absolute atomic E-state index is 8.35. The van der Waals surface area contributed by atoms with Crippen LogP contribution in [0.5, 0.6) is 0 Å². The number of rotatable bonds is 6. The average Bonchev–Trinajstić information content (AvgIpc) is 1.97. The lowest BCUT2D eigenvalue weighted by atomic mass is 10.8. The highest BCUT2D eigenvalue weighted by Crippen LogP contribution is 2.19. The Kier molecular flexibility index (Phi) is 8.94. The van der Waals surface area contributed by atoms with Gasteiger partial charge in [0.25, 0.3) is 0 Å². The predicted octanol–water partition coefficient (Wildman–Crippen LogP) is 1.67. The fraction of sp³-hybridized carbons (Fsp3) is 1.00. The number of hydrogen-bond donors (Lipinski definition) is 1. The van der Waals surface area contributed by atoms with Gasteiger partial charge in [-0.25, -0.2) is 0 Å². The Hall–Kier alpha value is -0.0300. The molecule has 0 aliphatic carbocycles. The van der Waals surface area contributed by atoms with Crippen LogP contribution in [0, 0.1) is 0 Å². The smallest absolute Gasteiger partial charge is 0.0530 e. The summed E-state index contributed by atoms with van der Waals surface area (Å²) in [6.07, 6.45) is 0. The van der Waals surface area contributed by atoms with Crippen molar-refractivity contribution >= 4 is 21.6 Å². The van der Waals surface area contributed by atoms with Crippen molar-refractivity contribution in [3.63, 3.8) is 0 Å². The molecule has 0 heterocycles. The first-order valence-corrected chi connectivity index (χ1v) is 5.26. The third-order valence-corrected chi connectivity index (χ3v) is 2.96. The lowest BCUT2D eigenvalue weighted by molar-refractivity contribution is 0.323. The van der Waals surface area contributed by atoms with E-state index in [1.165, 1.54) is 0 Å². The molecule has 0 aromatic rings. The summed E-state index contributed by atoms with van der Waals surface area (Å²) in [5, 5.41) is 11.7. The fourth-order valence-corrected chi connectivity index (χ4v) is 1.90. The molecule has 0 unspecified atom stereocenters. The summed E-state index contributed by atoms with van der Waals surface area (Å²) in [6.45, 7) is 0.735. The Morgan fingerprint density at radius 2 is 2.10 bits per heavy atom. The van der Waals surface area contributed by atoms with Crippen LogP contribution in [0.1, 0.15) is 0 Å². The second kappa shape index (κ2) is 8.97. The molecule has 0 aromatic heterocycles. The van der Waals surface area contributed by atoms with E-state index in [4.69, 9.17) is 10.6 Å². The SMILES string of the molecule is [N-]=[N+]=NCCSSCCO. The van der Waals surface area contributed by atoms with Crippen LogP contribution >= 0.6 is 21.6 Å². The molecule has 0 atom stereocenters. The summed E-state index contributed by atoms with van der Waals surface area (Å²) in [4.78, 5) is 2.61. The molecule has 1 N–H and O–H groups in total. The zero-order valence-electron chi connectivity index (χ0n) is 5.43. The second-order valence-electron chi connectivity index (χ2n) is 1.32. The molecule has 0 bridgehead atoms. The minimum atomic E-state index is 0.208. The molecule has 0 fully saturated rings. The van der Waals surface area contributed by atoms with E-state index in [0.717, 1.165) is 11.5 Å². The summed E-state index contributed by atoms with van der Waals surface area (Å²) in [7, 11) is 3.20. The largest absolute Gasteiger partial charge is 0.395 e. The molecule has 0 saturated heterocycles. The standard InChI is InChI=1S/C4H9N3OS2/c5-7-6-1-3-9-10-4-2-8/h8H,1-4H2. The highest BCUT2D eigenvalue weighted by atomic mass is 33.1. The van der Waals surface area contributed by atoms with Crippen LogP contribution < -0.4 is 0 Å². The zero-order valence-corrected chi connectivity index (χ0v) is 7.07. The van der Waals surface area contributed by atoms with Gasteiger partial charge in [-0.15, -0.1) is 0 Å². The van der Waals surface area contributed by atoms with Gasteiger partial charge in [-0.05, 0) is 5.53 Å². The van der Waals surface area contributed by atoms with Gasteiger partial charge in [0.2, 0.25) is 0 Å². The van der Waals surface area contributed by atoms with Crippen LogP contribution in [-0.4, -0.2) is 29.8 Å². The molecular weight excluding hydrogens is 170 g/mol. The van der Waals surface area contributed by atoms with Gasteiger partial charge in [-0.2, -0.15) is 0 Å². The van der Waals surface area contributed by atoms with Crippen molar-refractivity contribution in [3.05, 3.63) is 10.4 Å². The van der Waals surface area contributed by atoms with Crippen LogP contribution in [0.25, 0.3) is 10.4 Å². The van der Waals surface area contributed by atoms with E-state index >= 15 is 0 Å². The van der Waals surface area contributed by atoms with Crippen molar-refractivity contribution in [2.75, 3.05) is 24.7 Å². The van der Waals surface area contributed by atoms with Gasteiger partial charge in [-0.1, -0.05) is 26.7 Å². The topological polar surface area (TPSA) is 69.0 Å². The number of nitrogens with zero attached hydrogens (tertiary/aromatic N) is 3. The lowest BCUT2D eigenvalue weighted by Crippen LogP contribution is -1.84. The van der Waals surface area contributed by atoms with Crippen LogP contribution in [0.3, 0.4) is 0 Å². The van der Waals surface area contributed by atoms with E-state index in [1.807, 2.05) is 0 Å². The van der Waals surface area contributed by atoms with E-state index in [-0.39, 0.29) is 6.61 Å². The minimum absolute atomic E-state index is 0.208.